The maximum Gasteiger partial charge on any atom is 0.0319 e. The van der Waals surface area contributed by atoms with E-state index in [-0.39, 0.29) is 0 Å². The lowest BCUT2D eigenvalue weighted by Crippen LogP contribution is -2.40. The zero-order chi connectivity index (χ0) is 8.27. The zero-order valence-corrected chi connectivity index (χ0v) is 7.80. The van der Waals surface area contributed by atoms with E-state index in [4.69, 9.17) is 0 Å². The number of likely N-dealkylation sites (N-methyl/N-ethyl adjacent to an activating group) is 3. The third kappa shape index (κ3) is 2.77. The molecule has 1 heterocycles. The van der Waals surface area contributed by atoms with Gasteiger partial charge in [-0.1, -0.05) is 0 Å². The fourth-order valence-electron chi connectivity index (χ4n) is 1.52. The SMILES string of the molecule is CNC1CN(C)CCN(C)C1. The Morgan fingerprint density at radius 1 is 1.09 bits per heavy atom. The van der Waals surface area contributed by atoms with E-state index in [9.17, 15) is 0 Å². The summed E-state index contributed by atoms with van der Waals surface area (Å²) < 4.78 is 0. The molecular weight excluding hydrogens is 138 g/mol. The molecule has 0 amide bonds. The van der Waals surface area contributed by atoms with E-state index in [0.717, 1.165) is 0 Å². The Morgan fingerprint density at radius 2 is 1.55 bits per heavy atom. The van der Waals surface area contributed by atoms with Crippen LogP contribution in [0.4, 0.5) is 0 Å². The average Bonchev–Trinajstić information content (AvgIpc) is 2.13. The van der Waals surface area contributed by atoms with Gasteiger partial charge >= 0.3 is 0 Å². The summed E-state index contributed by atoms with van der Waals surface area (Å²) in [5, 5.41) is 3.32. The molecule has 0 aromatic rings. The first-order valence-electron chi connectivity index (χ1n) is 4.26. The quantitative estimate of drug-likeness (QED) is 0.551. The lowest BCUT2D eigenvalue weighted by atomic mass is 10.3. The van der Waals surface area contributed by atoms with Crippen molar-refractivity contribution < 1.29 is 0 Å². The van der Waals surface area contributed by atoms with Crippen molar-refractivity contribution in [1.82, 2.24) is 15.1 Å². The van der Waals surface area contributed by atoms with Gasteiger partial charge in [0.2, 0.25) is 0 Å². The van der Waals surface area contributed by atoms with Crippen LogP contribution in [-0.2, 0) is 0 Å². The average molecular weight is 157 g/mol. The van der Waals surface area contributed by atoms with Gasteiger partial charge in [-0.3, -0.25) is 0 Å². The van der Waals surface area contributed by atoms with Crippen molar-refractivity contribution in [1.29, 1.82) is 0 Å². The summed E-state index contributed by atoms with van der Waals surface area (Å²) >= 11 is 0. The lowest BCUT2D eigenvalue weighted by Gasteiger charge is -2.19. The highest BCUT2D eigenvalue weighted by Gasteiger charge is 2.16. The Kier molecular flexibility index (Phi) is 3.30. The molecule has 1 fully saturated rings. The number of nitrogens with zero attached hydrogens (tertiary/aromatic N) is 2. The Hall–Kier alpha value is -0.120. The van der Waals surface area contributed by atoms with Crippen molar-refractivity contribution in [3.63, 3.8) is 0 Å². The second-order valence-electron chi connectivity index (χ2n) is 3.51. The van der Waals surface area contributed by atoms with Crippen LogP contribution in [0.5, 0.6) is 0 Å². The molecule has 0 spiro atoms. The molecule has 1 aliphatic rings. The van der Waals surface area contributed by atoms with Crippen molar-refractivity contribution >= 4 is 0 Å². The molecule has 11 heavy (non-hydrogen) atoms. The minimum atomic E-state index is 0.632. The Balaban J connectivity index is 2.41. The van der Waals surface area contributed by atoms with Crippen molar-refractivity contribution in [2.24, 2.45) is 0 Å². The summed E-state index contributed by atoms with van der Waals surface area (Å²) in [5.74, 6) is 0. The third-order valence-electron chi connectivity index (χ3n) is 2.34. The van der Waals surface area contributed by atoms with E-state index in [2.05, 4.69) is 29.2 Å². The van der Waals surface area contributed by atoms with Crippen LogP contribution in [0.25, 0.3) is 0 Å². The van der Waals surface area contributed by atoms with Crippen LogP contribution in [0.1, 0.15) is 0 Å². The van der Waals surface area contributed by atoms with E-state index in [1.807, 2.05) is 7.05 Å². The first-order chi connectivity index (χ1) is 5.22. The molecule has 0 unspecified atom stereocenters. The monoisotopic (exact) mass is 157 g/mol. The van der Waals surface area contributed by atoms with Crippen molar-refractivity contribution in [3.8, 4) is 0 Å². The van der Waals surface area contributed by atoms with E-state index in [0.29, 0.717) is 6.04 Å². The van der Waals surface area contributed by atoms with Crippen molar-refractivity contribution in [2.45, 2.75) is 6.04 Å². The highest BCUT2D eigenvalue weighted by Crippen LogP contribution is 1.98. The van der Waals surface area contributed by atoms with E-state index in [1.54, 1.807) is 0 Å². The van der Waals surface area contributed by atoms with Crippen LogP contribution in [0.3, 0.4) is 0 Å². The molecule has 3 nitrogen and oxygen atoms in total. The molecule has 1 saturated heterocycles. The molecule has 0 aromatic carbocycles. The molecule has 0 radical (unpaired) electrons. The van der Waals surface area contributed by atoms with Gasteiger partial charge in [0.1, 0.15) is 0 Å². The summed E-state index contributed by atoms with van der Waals surface area (Å²) in [6.07, 6.45) is 0. The molecular formula is C8H19N3. The largest absolute Gasteiger partial charge is 0.315 e. The predicted octanol–water partition coefficient (Wildman–Crippen LogP) is -0.548. The standard InChI is InChI=1S/C8H19N3/c1-9-8-6-10(2)4-5-11(3)7-8/h8-9H,4-7H2,1-3H3. The summed E-state index contributed by atoms with van der Waals surface area (Å²) in [6, 6.07) is 0.632. The van der Waals surface area contributed by atoms with Crippen LogP contribution in [-0.4, -0.2) is 63.2 Å². The molecule has 0 aromatic heterocycles. The van der Waals surface area contributed by atoms with Gasteiger partial charge < -0.3 is 15.1 Å². The number of rotatable bonds is 1. The van der Waals surface area contributed by atoms with Gasteiger partial charge in [0, 0.05) is 32.2 Å². The van der Waals surface area contributed by atoms with Crippen LogP contribution in [0.2, 0.25) is 0 Å². The first-order valence-corrected chi connectivity index (χ1v) is 4.26. The smallest absolute Gasteiger partial charge is 0.0319 e. The maximum atomic E-state index is 3.32. The summed E-state index contributed by atoms with van der Waals surface area (Å²) in [7, 11) is 6.41. The van der Waals surface area contributed by atoms with E-state index in [1.165, 1.54) is 26.2 Å². The summed E-state index contributed by atoms with van der Waals surface area (Å²) in [5.41, 5.74) is 0. The second-order valence-corrected chi connectivity index (χ2v) is 3.51. The van der Waals surface area contributed by atoms with Crippen molar-refractivity contribution in [2.75, 3.05) is 47.3 Å². The predicted molar refractivity (Wildman–Crippen MR) is 47.8 cm³/mol. The minimum absolute atomic E-state index is 0.632. The molecule has 1 N–H and O–H groups in total. The Labute approximate surface area is 69.4 Å². The van der Waals surface area contributed by atoms with E-state index >= 15 is 0 Å². The number of nitrogens with one attached hydrogen (secondary N) is 1. The second kappa shape index (κ2) is 4.04. The summed E-state index contributed by atoms with van der Waals surface area (Å²) in [6.45, 7) is 4.71. The van der Waals surface area contributed by atoms with Crippen LogP contribution in [0, 0.1) is 0 Å². The highest BCUT2D eigenvalue weighted by molar-refractivity contribution is 4.76. The lowest BCUT2D eigenvalue weighted by molar-refractivity contribution is 0.320. The van der Waals surface area contributed by atoms with Gasteiger partial charge in [-0.2, -0.15) is 0 Å². The van der Waals surface area contributed by atoms with Crippen LogP contribution < -0.4 is 5.32 Å². The van der Waals surface area contributed by atoms with Crippen LogP contribution >= 0.6 is 0 Å². The zero-order valence-electron chi connectivity index (χ0n) is 7.80. The Morgan fingerprint density at radius 3 is 1.91 bits per heavy atom. The molecule has 0 aliphatic carbocycles. The number of hydrogen-bond acceptors (Lipinski definition) is 3. The molecule has 3 heteroatoms. The maximum absolute atomic E-state index is 3.32. The molecule has 0 bridgehead atoms. The fourth-order valence-corrected chi connectivity index (χ4v) is 1.52. The first kappa shape index (κ1) is 8.97. The van der Waals surface area contributed by atoms with Gasteiger partial charge in [0.15, 0.2) is 0 Å². The van der Waals surface area contributed by atoms with Gasteiger partial charge in [0.25, 0.3) is 0 Å². The van der Waals surface area contributed by atoms with E-state index < -0.39 is 0 Å². The topological polar surface area (TPSA) is 18.5 Å². The van der Waals surface area contributed by atoms with Gasteiger partial charge in [-0.15, -0.1) is 0 Å². The summed E-state index contributed by atoms with van der Waals surface area (Å²) in [4.78, 5) is 4.76. The molecule has 0 atom stereocenters. The van der Waals surface area contributed by atoms with Gasteiger partial charge in [0.05, 0.1) is 0 Å². The van der Waals surface area contributed by atoms with Crippen molar-refractivity contribution in [3.05, 3.63) is 0 Å². The molecule has 0 saturated carbocycles. The van der Waals surface area contributed by atoms with Gasteiger partial charge in [-0.25, -0.2) is 0 Å². The molecule has 66 valence electrons. The Bertz CT molecular complexity index is 104. The van der Waals surface area contributed by atoms with Crippen LogP contribution in [0.15, 0.2) is 0 Å². The number of hydrogen-bond donors (Lipinski definition) is 1. The molecule has 1 aliphatic heterocycles. The fraction of sp³-hybridized carbons (Fsp3) is 1.00. The third-order valence-corrected chi connectivity index (χ3v) is 2.34. The minimum Gasteiger partial charge on any atom is -0.315 e. The highest BCUT2D eigenvalue weighted by atomic mass is 15.2. The normalized spacial score (nSPS) is 25.4. The van der Waals surface area contributed by atoms with Gasteiger partial charge in [-0.05, 0) is 21.1 Å². The molecule has 1 rings (SSSR count).